The molecule has 30 heavy (non-hydrogen) atoms. The highest BCUT2D eigenvalue weighted by Gasteiger charge is 2.34. The number of hydrogen-bond donors (Lipinski definition) is 3. The number of aliphatic hydroxyl groups excluding tert-OH is 2. The van der Waals surface area contributed by atoms with Crippen molar-refractivity contribution in [3.63, 3.8) is 0 Å². The van der Waals surface area contributed by atoms with E-state index in [1.807, 2.05) is 0 Å². The number of hydrogen-bond acceptors (Lipinski definition) is 4. The summed E-state index contributed by atoms with van der Waals surface area (Å²) in [6.07, 6.45) is 24.7. The highest BCUT2D eigenvalue weighted by Crippen LogP contribution is 2.15. The number of carbonyl (C=O) groups excluding carboxylic acids is 1. The van der Waals surface area contributed by atoms with Gasteiger partial charge in [-0.25, -0.2) is 0 Å². The molecule has 0 aliphatic rings. The van der Waals surface area contributed by atoms with Gasteiger partial charge in [-0.15, -0.1) is 0 Å². The fourth-order valence-electron chi connectivity index (χ4n) is 3.65. The van der Waals surface area contributed by atoms with Gasteiger partial charge < -0.3 is 15.3 Å². The first-order valence-corrected chi connectivity index (χ1v) is 12.6. The molecule has 0 aromatic carbocycles. The Bertz CT molecular complexity index is 417. The summed E-state index contributed by atoms with van der Waals surface area (Å²) in [4.78, 5) is 11.8. The maximum atomic E-state index is 11.8. The second kappa shape index (κ2) is 20.2. The van der Waals surface area contributed by atoms with Crippen molar-refractivity contribution in [2.24, 2.45) is 0 Å². The Labute approximate surface area is 186 Å². The highest BCUT2D eigenvalue weighted by atomic mass is 16.4. The van der Waals surface area contributed by atoms with Crippen LogP contribution in [0.5, 0.6) is 0 Å². The minimum atomic E-state index is -1.74. The molecule has 0 radical (unpaired) electrons. The number of aliphatic hydroxyl groups is 3. The summed E-state index contributed by atoms with van der Waals surface area (Å²) < 4.78 is 0. The van der Waals surface area contributed by atoms with Crippen LogP contribution in [-0.2, 0) is 4.79 Å². The van der Waals surface area contributed by atoms with E-state index in [1.54, 1.807) is 0 Å². The lowest BCUT2D eigenvalue weighted by atomic mass is 9.94. The number of carbonyl (C=O) groups is 1. The van der Waals surface area contributed by atoms with Crippen molar-refractivity contribution >= 4 is 5.78 Å². The third-order valence-corrected chi connectivity index (χ3v) is 5.90. The van der Waals surface area contributed by atoms with Crippen LogP contribution < -0.4 is 0 Å². The fraction of sp³-hybridized carbons (Fsp3) is 0.885. The Morgan fingerprint density at radius 3 is 1.60 bits per heavy atom. The van der Waals surface area contributed by atoms with Crippen LogP contribution in [0.2, 0.25) is 0 Å². The molecule has 0 spiro atoms. The Kier molecular flexibility index (Phi) is 19.7. The van der Waals surface area contributed by atoms with Gasteiger partial charge in [-0.3, -0.25) is 4.79 Å². The molecule has 178 valence electrons. The van der Waals surface area contributed by atoms with Crippen molar-refractivity contribution < 1.29 is 20.1 Å². The molecule has 0 saturated carbocycles. The zero-order chi connectivity index (χ0) is 22.5. The molecule has 2 atom stereocenters. The Hall–Kier alpha value is -0.710. The Morgan fingerprint density at radius 1 is 0.767 bits per heavy atom. The fourth-order valence-corrected chi connectivity index (χ4v) is 3.65. The lowest BCUT2D eigenvalue weighted by Gasteiger charge is -2.25. The van der Waals surface area contributed by atoms with E-state index in [9.17, 15) is 15.0 Å². The van der Waals surface area contributed by atoms with Crippen LogP contribution >= 0.6 is 0 Å². The standard InChI is InChI=1S/C26H50O4/c1-3-4-5-6-7-8-9-10-11-12-13-14-15-16-17-18-19-20-21-22-24(28)25(29)26(2,30)23-27/h10-11,25,27,29-30H,3-9,12-23H2,1-2H3. The van der Waals surface area contributed by atoms with Gasteiger partial charge in [0.05, 0.1) is 6.61 Å². The summed E-state index contributed by atoms with van der Waals surface area (Å²) in [6.45, 7) is 2.93. The second-order valence-electron chi connectivity index (χ2n) is 9.13. The average molecular weight is 427 g/mol. The quantitative estimate of drug-likeness (QED) is 0.141. The first-order chi connectivity index (χ1) is 14.5. The second-order valence-corrected chi connectivity index (χ2v) is 9.13. The smallest absolute Gasteiger partial charge is 0.164 e. The zero-order valence-corrected chi connectivity index (χ0v) is 19.9. The molecule has 0 bridgehead atoms. The van der Waals surface area contributed by atoms with Crippen molar-refractivity contribution in [1.82, 2.24) is 0 Å². The molecule has 0 aliphatic carbocycles. The van der Waals surface area contributed by atoms with Crippen LogP contribution in [0.25, 0.3) is 0 Å². The van der Waals surface area contributed by atoms with E-state index >= 15 is 0 Å². The predicted octanol–water partition coefficient (Wildman–Crippen LogP) is 6.26. The van der Waals surface area contributed by atoms with E-state index in [2.05, 4.69) is 19.1 Å². The van der Waals surface area contributed by atoms with Gasteiger partial charge in [0, 0.05) is 6.42 Å². The van der Waals surface area contributed by atoms with Gasteiger partial charge in [-0.05, 0) is 39.0 Å². The molecule has 0 aromatic rings. The molecule has 2 unspecified atom stereocenters. The van der Waals surface area contributed by atoms with Crippen LogP contribution in [0.4, 0.5) is 0 Å². The van der Waals surface area contributed by atoms with E-state index in [0.29, 0.717) is 0 Å². The van der Waals surface area contributed by atoms with Gasteiger partial charge >= 0.3 is 0 Å². The first kappa shape index (κ1) is 29.3. The van der Waals surface area contributed by atoms with Crippen molar-refractivity contribution in [1.29, 1.82) is 0 Å². The molecule has 0 saturated heterocycles. The number of allylic oxidation sites excluding steroid dienone is 2. The van der Waals surface area contributed by atoms with Gasteiger partial charge in [0.2, 0.25) is 0 Å². The largest absolute Gasteiger partial charge is 0.393 e. The minimum Gasteiger partial charge on any atom is -0.393 e. The Balaban J connectivity index is 3.33. The average Bonchev–Trinajstić information content (AvgIpc) is 2.74. The predicted molar refractivity (Wildman–Crippen MR) is 127 cm³/mol. The SMILES string of the molecule is CCCCCCCCC=CCCCCCCCCCCCC(=O)C(O)C(C)(O)CO. The summed E-state index contributed by atoms with van der Waals surface area (Å²) >= 11 is 0. The van der Waals surface area contributed by atoms with E-state index in [0.717, 1.165) is 19.3 Å². The van der Waals surface area contributed by atoms with Crippen LogP contribution in [0, 0.1) is 0 Å². The van der Waals surface area contributed by atoms with Crippen LogP contribution in [0.1, 0.15) is 129 Å². The molecule has 3 N–H and O–H groups in total. The third kappa shape index (κ3) is 17.0. The summed E-state index contributed by atoms with van der Waals surface area (Å²) in [7, 11) is 0. The lowest BCUT2D eigenvalue weighted by molar-refractivity contribution is -0.146. The van der Waals surface area contributed by atoms with E-state index < -0.39 is 18.3 Å². The summed E-state index contributed by atoms with van der Waals surface area (Å²) in [5, 5.41) is 28.4. The molecular formula is C26H50O4. The summed E-state index contributed by atoms with van der Waals surface area (Å²) in [5.41, 5.74) is -1.74. The maximum Gasteiger partial charge on any atom is 0.164 e. The third-order valence-electron chi connectivity index (χ3n) is 5.90. The lowest BCUT2D eigenvalue weighted by Crippen LogP contribution is -2.47. The van der Waals surface area contributed by atoms with E-state index in [4.69, 9.17) is 5.11 Å². The van der Waals surface area contributed by atoms with Gasteiger partial charge in [0.1, 0.15) is 11.7 Å². The topological polar surface area (TPSA) is 77.8 Å². The van der Waals surface area contributed by atoms with E-state index in [1.165, 1.54) is 96.8 Å². The van der Waals surface area contributed by atoms with Crippen molar-refractivity contribution in [2.45, 2.75) is 141 Å². The molecule has 0 amide bonds. The number of ketones is 1. The van der Waals surface area contributed by atoms with Gasteiger partial charge in [-0.2, -0.15) is 0 Å². The van der Waals surface area contributed by atoms with Crippen LogP contribution in [0.15, 0.2) is 12.2 Å². The summed E-state index contributed by atoms with van der Waals surface area (Å²) in [5.74, 6) is -0.380. The Morgan fingerprint density at radius 2 is 1.17 bits per heavy atom. The van der Waals surface area contributed by atoms with Gasteiger partial charge in [-0.1, -0.05) is 96.1 Å². The highest BCUT2D eigenvalue weighted by molar-refractivity contribution is 5.84. The zero-order valence-electron chi connectivity index (χ0n) is 19.9. The molecule has 0 aromatic heterocycles. The van der Waals surface area contributed by atoms with E-state index in [-0.39, 0.29) is 12.2 Å². The van der Waals surface area contributed by atoms with Crippen molar-refractivity contribution in [3.8, 4) is 0 Å². The van der Waals surface area contributed by atoms with Gasteiger partial charge in [0.15, 0.2) is 5.78 Å². The monoisotopic (exact) mass is 426 g/mol. The van der Waals surface area contributed by atoms with Crippen molar-refractivity contribution in [2.75, 3.05) is 6.61 Å². The molecule has 4 nitrogen and oxygen atoms in total. The van der Waals surface area contributed by atoms with Gasteiger partial charge in [0.25, 0.3) is 0 Å². The normalized spacial score (nSPS) is 14.8. The van der Waals surface area contributed by atoms with Crippen LogP contribution in [0.3, 0.4) is 0 Å². The minimum absolute atomic E-state index is 0.268. The van der Waals surface area contributed by atoms with Crippen LogP contribution in [-0.4, -0.2) is 39.4 Å². The number of Topliss-reactive ketones (excluding diaryl/α,β-unsaturated/α-hetero) is 1. The van der Waals surface area contributed by atoms with Crippen molar-refractivity contribution in [3.05, 3.63) is 12.2 Å². The molecule has 4 heteroatoms. The molecule has 0 fully saturated rings. The first-order valence-electron chi connectivity index (χ1n) is 12.6. The molecule has 0 aliphatic heterocycles. The number of rotatable bonds is 22. The summed E-state index contributed by atoms with van der Waals surface area (Å²) in [6, 6.07) is 0. The maximum absolute atomic E-state index is 11.8. The molecule has 0 heterocycles. The number of unbranched alkanes of at least 4 members (excludes halogenated alkanes) is 15. The molecular weight excluding hydrogens is 376 g/mol. The molecule has 0 rings (SSSR count).